The third kappa shape index (κ3) is 3.31. The first-order chi connectivity index (χ1) is 9.13. The van der Waals surface area contributed by atoms with E-state index in [0.717, 1.165) is 32.5 Å². The molecule has 1 aliphatic heterocycles. The lowest BCUT2D eigenvalue weighted by Gasteiger charge is -2.26. The van der Waals surface area contributed by atoms with Crippen LogP contribution in [0.1, 0.15) is 31.4 Å². The van der Waals surface area contributed by atoms with Crippen molar-refractivity contribution in [2.75, 3.05) is 26.7 Å². The average Bonchev–Trinajstić information content (AvgIpc) is 2.74. The molecule has 2 unspecified atom stereocenters. The summed E-state index contributed by atoms with van der Waals surface area (Å²) in [6.45, 7) is 4.88. The fraction of sp³-hybridized carbons (Fsp3) is 0.600. The van der Waals surface area contributed by atoms with E-state index in [0.29, 0.717) is 11.5 Å². The number of rotatable bonds is 5. The van der Waals surface area contributed by atoms with Gasteiger partial charge in [0.1, 0.15) is 11.6 Å². The van der Waals surface area contributed by atoms with Crippen molar-refractivity contribution in [3.05, 3.63) is 35.4 Å². The van der Waals surface area contributed by atoms with Crippen molar-refractivity contribution in [3.63, 3.8) is 0 Å². The van der Waals surface area contributed by atoms with Gasteiger partial charge in [0.05, 0.1) is 0 Å². The van der Waals surface area contributed by atoms with Gasteiger partial charge in [-0.1, -0.05) is 6.92 Å². The Kier molecular flexibility index (Phi) is 4.88. The maximum atomic E-state index is 13.9. The van der Waals surface area contributed by atoms with E-state index < -0.39 is 0 Å². The van der Waals surface area contributed by atoms with Crippen LogP contribution >= 0.6 is 0 Å². The van der Waals surface area contributed by atoms with Crippen molar-refractivity contribution < 1.29 is 8.78 Å². The number of benzene rings is 1. The van der Waals surface area contributed by atoms with Gasteiger partial charge >= 0.3 is 0 Å². The molecule has 0 aromatic heterocycles. The zero-order valence-corrected chi connectivity index (χ0v) is 11.6. The second kappa shape index (κ2) is 6.44. The number of likely N-dealkylation sites (tertiary alicyclic amines) is 1. The number of hydrogen-bond acceptors (Lipinski definition) is 2. The third-order valence-electron chi connectivity index (χ3n) is 3.88. The molecular weight excluding hydrogens is 246 g/mol. The molecule has 2 rings (SSSR count). The van der Waals surface area contributed by atoms with Crippen LogP contribution in [-0.4, -0.2) is 31.6 Å². The van der Waals surface area contributed by atoms with Crippen LogP contribution in [0.25, 0.3) is 0 Å². The predicted octanol–water partition coefficient (Wildman–Crippen LogP) is 2.96. The van der Waals surface area contributed by atoms with Crippen molar-refractivity contribution >= 4 is 0 Å². The van der Waals surface area contributed by atoms with Crippen molar-refractivity contribution in [1.82, 2.24) is 10.2 Å². The molecule has 1 aliphatic rings. The third-order valence-corrected chi connectivity index (χ3v) is 3.88. The topological polar surface area (TPSA) is 15.3 Å². The fourth-order valence-electron chi connectivity index (χ4n) is 2.94. The summed E-state index contributed by atoms with van der Waals surface area (Å²) in [6.07, 6.45) is 2.11. The molecule has 19 heavy (non-hydrogen) atoms. The fourth-order valence-corrected chi connectivity index (χ4v) is 2.94. The molecule has 1 saturated heterocycles. The predicted molar refractivity (Wildman–Crippen MR) is 73.0 cm³/mol. The Balaban J connectivity index is 2.16. The van der Waals surface area contributed by atoms with Crippen LogP contribution < -0.4 is 5.32 Å². The van der Waals surface area contributed by atoms with Gasteiger partial charge in [-0.05, 0) is 63.6 Å². The largest absolute Gasteiger partial charge is 0.316 e. The molecule has 1 aromatic rings. The highest BCUT2D eigenvalue weighted by Gasteiger charge is 2.34. The van der Waals surface area contributed by atoms with Gasteiger partial charge in [-0.3, -0.25) is 4.90 Å². The van der Waals surface area contributed by atoms with Crippen LogP contribution in [0.3, 0.4) is 0 Å². The molecular formula is C15H22F2N2. The molecule has 106 valence electrons. The molecule has 1 heterocycles. The monoisotopic (exact) mass is 268 g/mol. The SMILES string of the molecule is CCCNCC1CCN(C)C1c1cc(F)ccc1F. The highest BCUT2D eigenvalue weighted by Crippen LogP contribution is 2.37. The summed E-state index contributed by atoms with van der Waals surface area (Å²) in [7, 11) is 1.98. The Labute approximate surface area is 113 Å². The second-order valence-electron chi connectivity index (χ2n) is 5.34. The lowest BCUT2D eigenvalue weighted by atomic mass is 9.93. The van der Waals surface area contributed by atoms with E-state index in [1.807, 2.05) is 7.05 Å². The first-order valence-corrected chi connectivity index (χ1v) is 6.99. The number of hydrogen-bond donors (Lipinski definition) is 1. The maximum absolute atomic E-state index is 13.9. The second-order valence-corrected chi connectivity index (χ2v) is 5.34. The summed E-state index contributed by atoms with van der Waals surface area (Å²) in [6, 6.07) is 3.72. The minimum atomic E-state index is -0.364. The summed E-state index contributed by atoms with van der Waals surface area (Å²) in [5.41, 5.74) is 0.489. The summed E-state index contributed by atoms with van der Waals surface area (Å²) < 4.78 is 27.3. The molecule has 0 bridgehead atoms. The van der Waals surface area contributed by atoms with E-state index in [2.05, 4.69) is 17.1 Å². The molecule has 1 fully saturated rings. The van der Waals surface area contributed by atoms with Gasteiger partial charge in [0.25, 0.3) is 0 Å². The van der Waals surface area contributed by atoms with Crippen molar-refractivity contribution in [3.8, 4) is 0 Å². The molecule has 0 amide bonds. The molecule has 0 spiro atoms. The molecule has 2 nitrogen and oxygen atoms in total. The van der Waals surface area contributed by atoms with Crippen LogP contribution in [0.2, 0.25) is 0 Å². The number of nitrogens with one attached hydrogen (secondary N) is 1. The Morgan fingerprint density at radius 1 is 1.37 bits per heavy atom. The van der Waals surface area contributed by atoms with Gasteiger partial charge in [-0.15, -0.1) is 0 Å². The normalized spacial score (nSPS) is 24.0. The van der Waals surface area contributed by atoms with Crippen LogP contribution in [0.5, 0.6) is 0 Å². The molecule has 0 saturated carbocycles. The van der Waals surface area contributed by atoms with Crippen LogP contribution in [0.15, 0.2) is 18.2 Å². The average molecular weight is 268 g/mol. The van der Waals surface area contributed by atoms with Crippen LogP contribution in [0.4, 0.5) is 8.78 Å². The van der Waals surface area contributed by atoms with Gasteiger partial charge in [0.15, 0.2) is 0 Å². The van der Waals surface area contributed by atoms with Crippen LogP contribution in [-0.2, 0) is 0 Å². The lowest BCUT2D eigenvalue weighted by molar-refractivity contribution is 0.264. The Bertz CT molecular complexity index is 423. The molecule has 0 radical (unpaired) electrons. The van der Waals surface area contributed by atoms with Gasteiger partial charge in [0.2, 0.25) is 0 Å². The Hall–Kier alpha value is -1.00. The van der Waals surface area contributed by atoms with Gasteiger partial charge in [-0.25, -0.2) is 8.78 Å². The van der Waals surface area contributed by atoms with E-state index in [9.17, 15) is 8.78 Å². The van der Waals surface area contributed by atoms with E-state index in [1.165, 1.54) is 18.2 Å². The van der Waals surface area contributed by atoms with Crippen molar-refractivity contribution in [2.24, 2.45) is 5.92 Å². The van der Waals surface area contributed by atoms with E-state index >= 15 is 0 Å². The molecule has 4 heteroatoms. The minimum Gasteiger partial charge on any atom is -0.316 e. The van der Waals surface area contributed by atoms with Crippen molar-refractivity contribution in [2.45, 2.75) is 25.8 Å². The smallest absolute Gasteiger partial charge is 0.128 e. The van der Waals surface area contributed by atoms with Gasteiger partial charge in [0, 0.05) is 11.6 Å². The Morgan fingerprint density at radius 3 is 2.89 bits per heavy atom. The molecule has 0 aliphatic carbocycles. The molecule has 1 N–H and O–H groups in total. The lowest BCUT2D eigenvalue weighted by Crippen LogP contribution is -2.29. The standard InChI is InChI=1S/C15H22F2N2/c1-3-7-18-10-11-6-8-19(2)15(11)13-9-12(16)4-5-14(13)17/h4-5,9,11,15,18H,3,6-8,10H2,1-2H3. The zero-order chi connectivity index (χ0) is 13.8. The van der Waals surface area contributed by atoms with Crippen molar-refractivity contribution in [1.29, 1.82) is 0 Å². The summed E-state index contributed by atoms with van der Waals surface area (Å²) >= 11 is 0. The molecule has 2 atom stereocenters. The maximum Gasteiger partial charge on any atom is 0.128 e. The number of nitrogens with zero attached hydrogens (tertiary/aromatic N) is 1. The van der Waals surface area contributed by atoms with Gasteiger partial charge in [-0.2, -0.15) is 0 Å². The van der Waals surface area contributed by atoms with E-state index in [1.54, 1.807) is 0 Å². The van der Waals surface area contributed by atoms with Crippen LogP contribution in [0, 0.1) is 17.6 Å². The highest BCUT2D eigenvalue weighted by atomic mass is 19.1. The van der Waals surface area contributed by atoms with Gasteiger partial charge < -0.3 is 5.32 Å². The van der Waals surface area contributed by atoms with E-state index in [-0.39, 0.29) is 17.7 Å². The first-order valence-electron chi connectivity index (χ1n) is 6.99. The highest BCUT2D eigenvalue weighted by molar-refractivity contribution is 5.24. The summed E-state index contributed by atoms with van der Waals surface area (Å²) in [5, 5.41) is 3.39. The first kappa shape index (κ1) is 14.4. The summed E-state index contributed by atoms with van der Waals surface area (Å²) in [5.74, 6) is -0.328. The number of halogens is 2. The quantitative estimate of drug-likeness (QED) is 0.826. The summed E-state index contributed by atoms with van der Waals surface area (Å²) in [4.78, 5) is 2.12. The minimum absolute atomic E-state index is 0.0277. The molecule has 1 aromatic carbocycles. The Morgan fingerprint density at radius 2 is 2.16 bits per heavy atom. The van der Waals surface area contributed by atoms with E-state index in [4.69, 9.17) is 0 Å². The zero-order valence-electron chi connectivity index (χ0n) is 11.6.